The van der Waals surface area contributed by atoms with Crippen LogP contribution in [0.2, 0.25) is 5.02 Å². The van der Waals surface area contributed by atoms with Crippen LogP contribution in [0.1, 0.15) is 0 Å². The van der Waals surface area contributed by atoms with E-state index in [2.05, 4.69) is 9.80 Å². The van der Waals surface area contributed by atoms with Gasteiger partial charge < -0.3 is 15.1 Å². The van der Waals surface area contributed by atoms with Gasteiger partial charge in [0.2, 0.25) is 0 Å². The molecule has 1 aromatic carbocycles. The lowest BCUT2D eigenvalue weighted by molar-refractivity contribution is -0.167. The van der Waals surface area contributed by atoms with E-state index in [1.807, 2.05) is 7.05 Å². The largest absolute Gasteiger partial charge is 0.471 e. The molecule has 1 fully saturated rings. The molecule has 0 saturated carbocycles. The molecule has 8 heteroatoms. The second kappa shape index (κ2) is 6.11. The maximum Gasteiger partial charge on any atom is 0.471 e. The van der Waals surface area contributed by atoms with E-state index < -0.39 is 12.1 Å². The van der Waals surface area contributed by atoms with Gasteiger partial charge in [0.25, 0.3) is 0 Å². The van der Waals surface area contributed by atoms with E-state index in [0.29, 0.717) is 5.02 Å². The van der Waals surface area contributed by atoms with Gasteiger partial charge in [0.05, 0.1) is 10.7 Å². The van der Waals surface area contributed by atoms with Crippen LogP contribution in [-0.4, -0.2) is 50.2 Å². The van der Waals surface area contributed by atoms with Gasteiger partial charge in [-0.2, -0.15) is 13.2 Å². The Morgan fingerprint density at radius 2 is 1.86 bits per heavy atom. The lowest BCUT2D eigenvalue weighted by Crippen LogP contribution is -2.44. The standard InChI is InChI=1S/C13H15ClF3N3O/c1-19-4-6-20(7-5-19)11-3-2-9(8-10(11)14)18-12(21)13(15,16)17/h2-3,8H,4-7H2,1H3,(H,18,21). The molecule has 0 bridgehead atoms. The van der Waals surface area contributed by atoms with E-state index in [-0.39, 0.29) is 5.69 Å². The minimum Gasteiger partial charge on any atom is -0.368 e. The Bertz CT molecular complexity index is 528. The third-order valence-electron chi connectivity index (χ3n) is 3.31. The highest BCUT2D eigenvalue weighted by molar-refractivity contribution is 6.33. The molecule has 1 aliphatic rings. The van der Waals surface area contributed by atoms with Crippen LogP contribution >= 0.6 is 11.6 Å². The summed E-state index contributed by atoms with van der Waals surface area (Å²) in [5, 5.41) is 2.10. The van der Waals surface area contributed by atoms with Crippen molar-refractivity contribution in [2.75, 3.05) is 43.4 Å². The van der Waals surface area contributed by atoms with Crippen molar-refractivity contribution in [2.45, 2.75) is 6.18 Å². The molecule has 21 heavy (non-hydrogen) atoms. The summed E-state index contributed by atoms with van der Waals surface area (Å²) < 4.78 is 36.6. The Morgan fingerprint density at radius 3 is 2.38 bits per heavy atom. The van der Waals surface area contributed by atoms with Crippen LogP contribution in [0.3, 0.4) is 0 Å². The van der Waals surface area contributed by atoms with Crippen LogP contribution in [0.15, 0.2) is 18.2 Å². The molecule has 0 unspecified atom stereocenters. The van der Waals surface area contributed by atoms with Crippen molar-refractivity contribution in [1.82, 2.24) is 4.90 Å². The first-order valence-electron chi connectivity index (χ1n) is 6.38. The predicted molar refractivity (Wildman–Crippen MR) is 75.8 cm³/mol. The van der Waals surface area contributed by atoms with Crippen LogP contribution in [0.4, 0.5) is 24.5 Å². The van der Waals surface area contributed by atoms with E-state index in [1.165, 1.54) is 12.1 Å². The molecular weight excluding hydrogens is 307 g/mol. The first kappa shape index (κ1) is 15.9. The zero-order chi connectivity index (χ0) is 15.6. The Labute approximate surface area is 125 Å². The summed E-state index contributed by atoms with van der Waals surface area (Å²) in [5.41, 5.74) is 0.787. The van der Waals surface area contributed by atoms with E-state index in [0.717, 1.165) is 31.9 Å². The van der Waals surface area contributed by atoms with Crippen LogP contribution in [-0.2, 0) is 4.79 Å². The highest BCUT2D eigenvalue weighted by atomic mass is 35.5. The fourth-order valence-corrected chi connectivity index (χ4v) is 2.39. The van der Waals surface area contributed by atoms with Gasteiger partial charge in [0.1, 0.15) is 0 Å². The van der Waals surface area contributed by atoms with Crippen LogP contribution < -0.4 is 10.2 Å². The summed E-state index contributed by atoms with van der Waals surface area (Å²) in [6.07, 6.45) is -4.91. The molecule has 1 N–H and O–H groups in total. The highest BCUT2D eigenvalue weighted by Crippen LogP contribution is 2.30. The molecule has 1 saturated heterocycles. The van der Waals surface area contributed by atoms with Gasteiger partial charge >= 0.3 is 12.1 Å². The fraction of sp³-hybridized carbons (Fsp3) is 0.462. The molecule has 1 amide bonds. The predicted octanol–water partition coefficient (Wildman–Crippen LogP) is 2.59. The molecule has 0 aromatic heterocycles. The van der Waals surface area contributed by atoms with Gasteiger partial charge in [0.15, 0.2) is 0 Å². The van der Waals surface area contributed by atoms with Crippen molar-refractivity contribution in [3.8, 4) is 0 Å². The van der Waals surface area contributed by atoms with Crippen LogP contribution in [0.25, 0.3) is 0 Å². The number of alkyl halides is 3. The number of halogens is 4. The van der Waals surface area contributed by atoms with Gasteiger partial charge in [-0.1, -0.05) is 11.6 Å². The molecule has 0 aliphatic carbocycles. The van der Waals surface area contributed by atoms with Crippen molar-refractivity contribution in [3.63, 3.8) is 0 Å². The van der Waals surface area contributed by atoms with Crippen molar-refractivity contribution >= 4 is 28.9 Å². The van der Waals surface area contributed by atoms with Gasteiger partial charge in [0, 0.05) is 31.9 Å². The molecule has 0 atom stereocenters. The van der Waals surface area contributed by atoms with Gasteiger partial charge in [-0.25, -0.2) is 0 Å². The van der Waals surface area contributed by atoms with Crippen molar-refractivity contribution in [3.05, 3.63) is 23.2 Å². The summed E-state index contributed by atoms with van der Waals surface area (Å²) in [7, 11) is 2.02. The maximum atomic E-state index is 12.2. The van der Waals surface area contributed by atoms with Crippen molar-refractivity contribution < 1.29 is 18.0 Å². The summed E-state index contributed by atoms with van der Waals surface area (Å²) in [4.78, 5) is 15.1. The molecule has 1 heterocycles. The molecule has 1 aliphatic heterocycles. The number of benzene rings is 1. The molecule has 4 nitrogen and oxygen atoms in total. The van der Waals surface area contributed by atoms with E-state index in [1.54, 1.807) is 11.4 Å². The Morgan fingerprint density at radius 1 is 1.24 bits per heavy atom. The van der Waals surface area contributed by atoms with Crippen molar-refractivity contribution in [2.24, 2.45) is 0 Å². The number of rotatable bonds is 2. The number of likely N-dealkylation sites (N-methyl/N-ethyl adjacent to an activating group) is 1. The topological polar surface area (TPSA) is 35.6 Å². The van der Waals surface area contributed by atoms with Crippen molar-refractivity contribution in [1.29, 1.82) is 0 Å². The van der Waals surface area contributed by atoms with Gasteiger partial charge in [-0.05, 0) is 25.2 Å². The number of amides is 1. The highest BCUT2D eigenvalue weighted by Gasteiger charge is 2.38. The average Bonchev–Trinajstić information content (AvgIpc) is 2.39. The molecular formula is C13H15ClF3N3O. The molecule has 116 valence electrons. The van der Waals surface area contributed by atoms with Crippen LogP contribution in [0, 0.1) is 0 Å². The number of carbonyl (C=O) groups is 1. The SMILES string of the molecule is CN1CCN(c2ccc(NC(=O)C(F)(F)F)cc2Cl)CC1. The second-order valence-corrected chi connectivity index (χ2v) is 5.32. The summed E-state index contributed by atoms with van der Waals surface area (Å²) in [6.45, 7) is 3.38. The quantitative estimate of drug-likeness (QED) is 0.909. The number of carbonyl (C=O) groups excluding carboxylic acids is 1. The minimum atomic E-state index is -4.91. The first-order valence-corrected chi connectivity index (χ1v) is 6.76. The zero-order valence-electron chi connectivity index (χ0n) is 11.4. The maximum absolute atomic E-state index is 12.2. The Balaban J connectivity index is 2.09. The third-order valence-corrected chi connectivity index (χ3v) is 3.61. The number of piperazine rings is 1. The summed E-state index contributed by atoms with van der Waals surface area (Å²) in [5.74, 6) is -2.01. The molecule has 0 radical (unpaired) electrons. The summed E-state index contributed by atoms with van der Waals surface area (Å²) >= 11 is 6.11. The normalized spacial score (nSPS) is 16.9. The number of nitrogens with zero attached hydrogens (tertiary/aromatic N) is 2. The number of nitrogens with one attached hydrogen (secondary N) is 1. The summed E-state index contributed by atoms with van der Waals surface area (Å²) in [6, 6.07) is 4.38. The zero-order valence-corrected chi connectivity index (χ0v) is 12.1. The average molecular weight is 322 g/mol. The molecule has 1 aromatic rings. The van der Waals surface area contributed by atoms with E-state index in [4.69, 9.17) is 11.6 Å². The smallest absolute Gasteiger partial charge is 0.368 e. The van der Waals surface area contributed by atoms with E-state index in [9.17, 15) is 18.0 Å². The monoisotopic (exact) mass is 321 g/mol. The molecule has 2 rings (SSSR count). The van der Waals surface area contributed by atoms with Crippen LogP contribution in [0.5, 0.6) is 0 Å². The van der Waals surface area contributed by atoms with E-state index >= 15 is 0 Å². The Hall–Kier alpha value is -1.47. The number of hydrogen-bond acceptors (Lipinski definition) is 3. The lowest BCUT2D eigenvalue weighted by Gasteiger charge is -2.34. The van der Waals surface area contributed by atoms with Gasteiger partial charge in [-0.15, -0.1) is 0 Å². The second-order valence-electron chi connectivity index (χ2n) is 4.91. The van der Waals surface area contributed by atoms with Gasteiger partial charge in [-0.3, -0.25) is 4.79 Å². The Kier molecular flexibility index (Phi) is 4.63. The number of hydrogen-bond donors (Lipinski definition) is 1. The lowest BCUT2D eigenvalue weighted by atomic mass is 10.2. The fourth-order valence-electron chi connectivity index (χ4n) is 2.09. The first-order chi connectivity index (χ1) is 9.77. The number of anilines is 2. The molecule has 0 spiro atoms. The third kappa shape index (κ3) is 4.01. The minimum absolute atomic E-state index is 0.0280.